The third kappa shape index (κ3) is 2.01. The van der Waals surface area contributed by atoms with Gasteiger partial charge in [0.15, 0.2) is 5.82 Å². The maximum atomic E-state index is 13.3. The summed E-state index contributed by atoms with van der Waals surface area (Å²) in [4.78, 5) is 16.4. The van der Waals surface area contributed by atoms with E-state index in [1.807, 2.05) is 0 Å². The van der Waals surface area contributed by atoms with E-state index in [2.05, 4.69) is 4.98 Å². The van der Waals surface area contributed by atoms with Crippen molar-refractivity contribution in [1.29, 1.82) is 0 Å². The number of halogens is 2. The fourth-order valence-corrected chi connectivity index (χ4v) is 1.52. The highest BCUT2D eigenvalue weighted by Gasteiger charge is 2.23. The molecule has 0 aromatic carbocycles. The molecule has 2 rings (SSSR count). The van der Waals surface area contributed by atoms with Crippen LogP contribution in [-0.2, 0) is 4.74 Å². The zero-order valence-electron chi connectivity index (χ0n) is 8.45. The highest BCUT2D eigenvalue weighted by atomic mass is 19.2. The normalized spacial score (nSPS) is 16.2. The molecular formula is C10H10F2N2O2. The molecular weight excluding hydrogens is 218 g/mol. The topological polar surface area (TPSA) is 42.4 Å². The van der Waals surface area contributed by atoms with Gasteiger partial charge >= 0.3 is 0 Å². The van der Waals surface area contributed by atoms with Gasteiger partial charge in [0.1, 0.15) is 0 Å². The molecule has 2 heterocycles. The molecule has 0 unspecified atom stereocenters. The average molecular weight is 228 g/mol. The van der Waals surface area contributed by atoms with Crippen molar-refractivity contribution >= 4 is 5.91 Å². The Labute approximate surface area is 90.8 Å². The number of nitrogens with zero attached hydrogens (tertiary/aromatic N) is 2. The van der Waals surface area contributed by atoms with E-state index in [4.69, 9.17) is 4.74 Å². The van der Waals surface area contributed by atoms with Gasteiger partial charge in [-0.15, -0.1) is 0 Å². The molecule has 6 heteroatoms. The van der Waals surface area contributed by atoms with Gasteiger partial charge in [-0.05, 0) is 6.07 Å². The van der Waals surface area contributed by atoms with Gasteiger partial charge in [0.05, 0.1) is 18.8 Å². The van der Waals surface area contributed by atoms with Crippen LogP contribution in [0.25, 0.3) is 0 Å². The van der Waals surface area contributed by atoms with Crippen LogP contribution in [-0.4, -0.2) is 42.1 Å². The van der Waals surface area contributed by atoms with Crippen LogP contribution >= 0.6 is 0 Å². The van der Waals surface area contributed by atoms with Crippen LogP contribution in [0.3, 0.4) is 0 Å². The van der Waals surface area contributed by atoms with E-state index >= 15 is 0 Å². The SMILES string of the molecule is O=C(c1ccnc(F)c1F)N1CCOCC1. The lowest BCUT2D eigenvalue weighted by Gasteiger charge is -2.26. The minimum Gasteiger partial charge on any atom is -0.378 e. The molecule has 1 aliphatic rings. The van der Waals surface area contributed by atoms with E-state index < -0.39 is 17.7 Å². The molecule has 4 nitrogen and oxygen atoms in total. The Bertz CT molecular complexity index is 406. The predicted octanol–water partition coefficient (Wildman–Crippen LogP) is 0.832. The van der Waals surface area contributed by atoms with Crippen LogP contribution < -0.4 is 0 Å². The molecule has 0 radical (unpaired) electrons. The van der Waals surface area contributed by atoms with Gasteiger partial charge < -0.3 is 9.64 Å². The number of hydrogen-bond donors (Lipinski definition) is 0. The summed E-state index contributed by atoms with van der Waals surface area (Å²) in [6.45, 7) is 1.62. The zero-order valence-corrected chi connectivity index (χ0v) is 8.45. The van der Waals surface area contributed by atoms with E-state index in [9.17, 15) is 13.6 Å². The minimum atomic E-state index is -1.25. The molecule has 16 heavy (non-hydrogen) atoms. The van der Waals surface area contributed by atoms with Gasteiger partial charge in [0.2, 0.25) is 5.95 Å². The lowest BCUT2D eigenvalue weighted by molar-refractivity contribution is 0.0299. The number of carbonyl (C=O) groups is 1. The molecule has 0 saturated carbocycles. The molecule has 0 atom stereocenters. The zero-order chi connectivity index (χ0) is 11.5. The van der Waals surface area contributed by atoms with Gasteiger partial charge in [-0.3, -0.25) is 4.79 Å². The van der Waals surface area contributed by atoms with Gasteiger partial charge in [0.25, 0.3) is 5.91 Å². The maximum Gasteiger partial charge on any atom is 0.257 e. The van der Waals surface area contributed by atoms with E-state index in [1.165, 1.54) is 11.0 Å². The standard InChI is InChI=1S/C10H10F2N2O2/c11-8-7(1-2-13-9(8)12)10(15)14-3-5-16-6-4-14/h1-2H,3-6H2. The Morgan fingerprint density at radius 3 is 2.75 bits per heavy atom. The third-order valence-corrected chi connectivity index (χ3v) is 2.38. The van der Waals surface area contributed by atoms with Crippen LogP contribution in [0, 0.1) is 11.8 Å². The number of pyridine rings is 1. The summed E-state index contributed by atoms with van der Waals surface area (Å²) in [7, 11) is 0. The Hall–Kier alpha value is -1.56. The highest BCUT2D eigenvalue weighted by Crippen LogP contribution is 2.12. The molecule has 1 saturated heterocycles. The molecule has 1 aromatic rings. The number of ether oxygens (including phenoxy) is 1. The predicted molar refractivity (Wildman–Crippen MR) is 50.9 cm³/mol. The van der Waals surface area contributed by atoms with Gasteiger partial charge in [-0.25, -0.2) is 9.37 Å². The third-order valence-electron chi connectivity index (χ3n) is 2.38. The lowest BCUT2D eigenvalue weighted by atomic mass is 10.2. The number of hydrogen-bond acceptors (Lipinski definition) is 3. The minimum absolute atomic E-state index is 0.283. The lowest BCUT2D eigenvalue weighted by Crippen LogP contribution is -2.41. The molecule has 1 amide bonds. The van der Waals surface area contributed by atoms with Crippen LogP contribution in [0.4, 0.5) is 8.78 Å². The Morgan fingerprint density at radius 2 is 2.06 bits per heavy atom. The molecule has 0 bridgehead atoms. The summed E-state index contributed by atoms with van der Waals surface area (Å²) in [5.74, 6) is -2.97. The second-order valence-corrected chi connectivity index (χ2v) is 3.37. The van der Waals surface area contributed by atoms with Crippen molar-refractivity contribution < 1.29 is 18.3 Å². The van der Waals surface area contributed by atoms with Crippen molar-refractivity contribution in [1.82, 2.24) is 9.88 Å². The maximum absolute atomic E-state index is 13.3. The number of rotatable bonds is 1. The summed E-state index contributed by atoms with van der Waals surface area (Å²) >= 11 is 0. The smallest absolute Gasteiger partial charge is 0.257 e. The van der Waals surface area contributed by atoms with Crippen molar-refractivity contribution in [3.63, 3.8) is 0 Å². The summed E-state index contributed by atoms with van der Waals surface area (Å²) in [6, 6.07) is 1.18. The van der Waals surface area contributed by atoms with Crippen LogP contribution in [0.15, 0.2) is 12.3 Å². The van der Waals surface area contributed by atoms with E-state index in [0.717, 1.165) is 6.20 Å². The summed E-state index contributed by atoms with van der Waals surface area (Å²) in [5.41, 5.74) is -0.283. The number of morpholine rings is 1. The van der Waals surface area contributed by atoms with Crippen LogP contribution in [0.2, 0.25) is 0 Å². The molecule has 0 N–H and O–H groups in total. The first kappa shape index (κ1) is 10.9. The van der Waals surface area contributed by atoms with Gasteiger partial charge in [-0.1, -0.05) is 0 Å². The molecule has 86 valence electrons. The molecule has 1 aromatic heterocycles. The largest absolute Gasteiger partial charge is 0.378 e. The Balaban J connectivity index is 2.22. The second-order valence-electron chi connectivity index (χ2n) is 3.37. The van der Waals surface area contributed by atoms with Crippen LogP contribution in [0.1, 0.15) is 10.4 Å². The fourth-order valence-electron chi connectivity index (χ4n) is 1.52. The fraction of sp³-hybridized carbons (Fsp3) is 0.400. The van der Waals surface area contributed by atoms with Crippen molar-refractivity contribution in [2.75, 3.05) is 26.3 Å². The number of carbonyl (C=O) groups excluding carboxylic acids is 1. The second kappa shape index (κ2) is 4.52. The first-order chi connectivity index (χ1) is 7.70. The Morgan fingerprint density at radius 1 is 1.38 bits per heavy atom. The van der Waals surface area contributed by atoms with Gasteiger partial charge in [0, 0.05) is 19.3 Å². The van der Waals surface area contributed by atoms with Crippen molar-refractivity contribution in [2.45, 2.75) is 0 Å². The van der Waals surface area contributed by atoms with E-state index in [-0.39, 0.29) is 5.56 Å². The first-order valence-corrected chi connectivity index (χ1v) is 4.87. The van der Waals surface area contributed by atoms with Crippen LogP contribution in [0.5, 0.6) is 0 Å². The monoisotopic (exact) mass is 228 g/mol. The van der Waals surface area contributed by atoms with Crippen molar-refractivity contribution in [3.8, 4) is 0 Å². The first-order valence-electron chi connectivity index (χ1n) is 4.87. The van der Waals surface area contributed by atoms with Gasteiger partial charge in [-0.2, -0.15) is 4.39 Å². The van der Waals surface area contributed by atoms with E-state index in [0.29, 0.717) is 26.3 Å². The van der Waals surface area contributed by atoms with Crippen molar-refractivity contribution in [3.05, 3.63) is 29.6 Å². The Kier molecular flexibility index (Phi) is 3.09. The molecule has 1 fully saturated rings. The van der Waals surface area contributed by atoms with E-state index in [1.54, 1.807) is 0 Å². The van der Waals surface area contributed by atoms with Crippen molar-refractivity contribution in [2.24, 2.45) is 0 Å². The molecule has 0 spiro atoms. The average Bonchev–Trinajstić information content (AvgIpc) is 2.33. The summed E-state index contributed by atoms with van der Waals surface area (Å²) in [5, 5.41) is 0. The highest BCUT2D eigenvalue weighted by molar-refractivity contribution is 5.94. The quantitative estimate of drug-likeness (QED) is 0.669. The molecule has 1 aliphatic heterocycles. The summed E-state index contributed by atoms with van der Waals surface area (Å²) < 4.78 is 31.2. The number of amides is 1. The molecule has 0 aliphatic carbocycles. The number of aromatic nitrogens is 1. The summed E-state index contributed by atoms with van der Waals surface area (Å²) in [6.07, 6.45) is 1.08.